The third-order valence-corrected chi connectivity index (χ3v) is 14.2. The zero-order chi connectivity index (χ0) is 30.4. The summed E-state index contributed by atoms with van der Waals surface area (Å²) in [7, 11) is 0. The van der Waals surface area contributed by atoms with Gasteiger partial charge in [0.1, 0.15) is 0 Å². The third kappa shape index (κ3) is 6.52. The van der Waals surface area contributed by atoms with E-state index >= 15 is 0 Å². The fourth-order valence-corrected chi connectivity index (χ4v) is 11.7. The molecule has 45 heavy (non-hydrogen) atoms. The number of aryl methyl sites for hydroxylation is 1. The van der Waals surface area contributed by atoms with E-state index in [2.05, 4.69) is 176 Å². The van der Waals surface area contributed by atoms with E-state index in [0.717, 1.165) is 5.75 Å². The van der Waals surface area contributed by atoms with Crippen LogP contribution in [-0.2, 0) is 23.2 Å². The minimum atomic E-state index is -2.88. The molecular weight excluding hydrogens is 627 g/mol. The molecule has 0 heterocycles. The van der Waals surface area contributed by atoms with Crippen LogP contribution in [-0.4, -0.2) is 3.81 Å². The Balaban J connectivity index is 0.00000230. The second-order valence-electron chi connectivity index (χ2n) is 14.0. The van der Waals surface area contributed by atoms with Crippen LogP contribution in [0.4, 0.5) is 0 Å². The predicted molar refractivity (Wildman–Crippen MR) is 195 cm³/mol. The normalized spacial score (nSPS) is 16.7. The molecule has 1 atom stereocenters. The Morgan fingerprint density at radius 3 is 1.87 bits per heavy atom. The van der Waals surface area contributed by atoms with Crippen molar-refractivity contribution in [1.29, 1.82) is 0 Å². The summed E-state index contributed by atoms with van der Waals surface area (Å²) in [6, 6.07) is 37.6. The molecule has 4 aromatic carbocycles. The molecule has 0 bridgehead atoms. The van der Waals surface area contributed by atoms with E-state index in [4.69, 9.17) is 3.32 Å². The van der Waals surface area contributed by atoms with Crippen molar-refractivity contribution in [3.63, 3.8) is 0 Å². The van der Waals surface area contributed by atoms with Crippen molar-refractivity contribution in [1.82, 2.24) is 0 Å². The van der Waals surface area contributed by atoms with E-state index in [1.165, 1.54) is 48.3 Å². The summed E-state index contributed by atoms with van der Waals surface area (Å²) in [6.45, 7) is 16.3. The largest absolute Gasteiger partial charge is 0.147 e. The quantitative estimate of drug-likeness (QED) is 0.192. The second-order valence-corrected chi connectivity index (χ2v) is 17.3. The summed E-state index contributed by atoms with van der Waals surface area (Å²) < 4.78 is 8.73. The minimum absolute atomic E-state index is 0. The zero-order valence-electron chi connectivity index (χ0n) is 27.3. The van der Waals surface area contributed by atoms with Gasteiger partial charge in [0.2, 0.25) is 0 Å². The summed E-state index contributed by atoms with van der Waals surface area (Å²) in [5.74, 6) is 0.980. The number of hydrogen-bond donors (Lipinski definition) is 0. The predicted octanol–water partition coefficient (Wildman–Crippen LogP) is 11.6. The maximum Gasteiger partial charge on any atom is -0.147 e. The average molecular weight is 672 g/mol. The Kier molecular flexibility index (Phi) is 10.4. The Hall–Kier alpha value is -2.94. The minimum Gasteiger partial charge on any atom is -0.147 e. The van der Waals surface area contributed by atoms with Crippen LogP contribution in [0, 0.1) is 12.3 Å². The number of benzene rings is 4. The summed E-state index contributed by atoms with van der Waals surface area (Å²) in [5, 5.41) is 0. The number of halogens is 2. The van der Waals surface area contributed by atoms with Crippen molar-refractivity contribution in [3.05, 3.63) is 160 Å². The van der Waals surface area contributed by atoms with Crippen LogP contribution < -0.4 is 3.32 Å². The smallest absolute Gasteiger partial charge is 0.147 e. The molecule has 0 aliphatic heterocycles. The first-order valence-electron chi connectivity index (χ1n) is 15.4. The molecule has 0 spiro atoms. The van der Waals surface area contributed by atoms with E-state index in [9.17, 15) is 0 Å². The van der Waals surface area contributed by atoms with E-state index in [1.54, 1.807) is 0 Å². The number of rotatable bonds is 5. The first-order chi connectivity index (χ1) is 20.5. The van der Waals surface area contributed by atoms with E-state index in [-0.39, 0.29) is 39.4 Å². The standard InChI is InChI=1S/C17H17.C13H10.C11H16O.2ClH.Ti/c1-17(2,3)16-10-6-9-14-13-8-5-4-7-12(13)11-15(14)16;1-3-7-12(8-4-1)11-13-9-5-2-6-10-13;1-8-5-9(11(2,3)4)7-10(12)6-8;;;/h4-11H,1-3H3;1-10H;5-7,12H,1-4H3;2*1H;/q;;;;;+1/p-1. The Morgan fingerprint density at radius 2 is 1.29 bits per heavy atom. The Morgan fingerprint density at radius 1 is 0.711 bits per heavy atom. The summed E-state index contributed by atoms with van der Waals surface area (Å²) in [5.41, 5.74) is 10.3. The first kappa shape index (κ1) is 34.9. The molecule has 4 aromatic rings. The van der Waals surface area contributed by atoms with Crippen LogP contribution in [0.2, 0.25) is 3.72 Å². The molecule has 1 nitrogen and oxygen atoms in total. The number of allylic oxidation sites excluding steroid dienone is 5. The SMILES string of the molecule is Cc1cc([O][Ti](=[C](c2ccccc2)c2ccccc2)[C]2(C(C)(C)C)C=CC=C3C2=Cc2ccccc23)cc(C(C)(C)C)c1.Cl.Cl. The van der Waals surface area contributed by atoms with Crippen molar-refractivity contribution < 1.29 is 21.1 Å². The van der Waals surface area contributed by atoms with Crippen LogP contribution >= 0.6 is 24.8 Å². The van der Waals surface area contributed by atoms with Crippen LogP contribution in [0.3, 0.4) is 0 Å². The average Bonchev–Trinajstić information content (AvgIpc) is 3.36. The molecule has 1 unspecified atom stereocenters. The molecule has 0 N–H and O–H groups in total. The Bertz CT molecular complexity index is 1760. The molecule has 0 radical (unpaired) electrons. The van der Waals surface area contributed by atoms with Gasteiger partial charge in [-0.3, -0.25) is 0 Å². The molecule has 0 fully saturated rings. The number of hydrogen-bond acceptors (Lipinski definition) is 1. The van der Waals surface area contributed by atoms with Crippen molar-refractivity contribution in [2.45, 2.75) is 57.6 Å². The van der Waals surface area contributed by atoms with Crippen molar-refractivity contribution >= 4 is 40.3 Å². The van der Waals surface area contributed by atoms with E-state index < -0.39 is 17.8 Å². The molecule has 0 saturated carbocycles. The molecule has 0 saturated heterocycles. The van der Waals surface area contributed by atoms with Gasteiger partial charge >= 0.3 is 266 Å². The van der Waals surface area contributed by atoms with Crippen molar-refractivity contribution in [2.24, 2.45) is 5.41 Å². The summed E-state index contributed by atoms with van der Waals surface area (Å²) in [4.78, 5) is 0. The maximum atomic E-state index is 7.69. The van der Waals surface area contributed by atoms with Gasteiger partial charge in [-0.15, -0.1) is 24.8 Å². The zero-order valence-corrected chi connectivity index (χ0v) is 30.5. The van der Waals surface area contributed by atoms with Gasteiger partial charge in [0.15, 0.2) is 0 Å². The monoisotopic (exact) mass is 670 g/mol. The van der Waals surface area contributed by atoms with Crippen LogP contribution in [0.5, 0.6) is 5.75 Å². The fourth-order valence-electron chi connectivity index (χ4n) is 6.65. The van der Waals surface area contributed by atoms with Gasteiger partial charge in [-0.1, -0.05) is 0 Å². The van der Waals surface area contributed by atoms with Gasteiger partial charge in [0.25, 0.3) is 0 Å². The van der Waals surface area contributed by atoms with Gasteiger partial charge in [0, 0.05) is 0 Å². The van der Waals surface area contributed by atoms with Gasteiger partial charge < -0.3 is 0 Å². The van der Waals surface area contributed by atoms with Crippen molar-refractivity contribution in [2.75, 3.05) is 0 Å². The molecular formula is C41H44Cl2OTi. The third-order valence-electron chi connectivity index (χ3n) is 8.90. The molecule has 232 valence electrons. The summed E-state index contributed by atoms with van der Waals surface area (Å²) in [6.07, 6.45) is 9.57. The van der Waals surface area contributed by atoms with E-state index in [1.807, 2.05) is 0 Å². The summed E-state index contributed by atoms with van der Waals surface area (Å²) >= 11 is -2.88. The molecule has 0 amide bonds. The molecule has 2 aliphatic carbocycles. The van der Waals surface area contributed by atoms with Gasteiger partial charge in [-0.2, -0.15) is 0 Å². The van der Waals surface area contributed by atoms with Gasteiger partial charge in [-0.05, 0) is 0 Å². The maximum absolute atomic E-state index is 7.69. The fraction of sp³-hybridized carbons (Fsp3) is 0.244. The van der Waals surface area contributed by atoms with Crippen LogP contribution in [0.15, 0.2) is 127 Å². The molecule has 0 aromatic heterocycles. The molecule has 2 aliphatic rings. The first-order valence-corrected chi connectivity index (χ1v) is 17.6. The van der Waals surface area contributed by atoms with Gasteiger partial charge in [-0.25, -0.2) is 0 Å². The van der Waals surface area contributed by atoms with Gasteiger partial charge in [0.05, 0.1) is 0 Å². The van der Waals surface area contributed by atoms with Crippen molar-refractivity contribution in [3.8, 4) is 5.75 Å². The molecule has 4 heteroatoms. The van der Waals surface area contributed by atoms with Crippen LogP contribution in [0.25, 0.3) is 11.6 Å². The number of fused-ring (bicyclic) bond motifs is 3. The second kappa shape index (κ2) is 13.4. The van der Waals surface area contributed by atoms with Crippen LogP contribution in [0.1, 0.15) is 74.9 Å². The molecule has 6 rings (SSSR count). The topological polar surface area (TPSA) is 9.23 Å². The Labute approximate surface area is 288 Å². The van der Waals surface area contributed by atoms with E-state index in [0.29, 0.717) is 0 Å².